The van der Waals surface area contributed by atoms with Gasteiger partial charge >= 0.3 is 6.02 Å². The topological polar surface area (TPSA) is 62.9 Å². The Hall–Kier alpha value is -1.46. The lowest BCUT2D eigenvalue weighted by Crippen LogP contribution is -2.27. The molecule has 0 bridgehead atoms. The van der Waals surface area contributed by atoms with Crippen LogP contribution >= 0.6 is 11.6 Å². The van der Waals surface area contributed by atoms with E-state index in [1.54, 1.807) is 24.3 Å². The first-order valence-electron chi connectivity index (χ1n) is 3.58. The number of benzene rings is 1. The molecule has 0 atom stereocenters. The van der Waals surface area contributed by atoms with Gasteiger partial charge in [-0.1, -0.05) is 16.7 Å². The van der Waals surface area contributed by atoms with Gasteiger partial charge in [0.1, 0.15) is 0 Å². The van der Waals surface area contributed by atoms with Gasteiger partial charge in [-0.25, -0.2) is 0 Å². The second-order valence-electron chi connectivity index (χ2n) is 2.42. The van der Waals surface area contributed by atoms with Crippen molar-refractivity contribution in [2.75, 3.05) is 5.12 Å². The van der Waals surface area contributed by atoms with Gasteiger partial charge in [0.25, 0.3) is 0 Å². The van der Waals surface area contributed by atoms with Crippen molar-refractivity contribution in [3.05, 3.63) is 29.3 Å². The number of hydrazine groups is 1. The van der Waals surface area contributed by atoms with E-state index in [9.17, 15) is 0 Å². The second-order valence-corrected chi connectivity index (χ2v) is 2.86. The number of amidine groups is 1. The van der Waals surface area contributed by atoms with Crippen molar-refractivity contribution >= 4 is 23.3 Å². The van der Waals surface area contributed by atoms with Gasteiger partial charge in [-0.2, -0.15) is 5.12 Å². The maximum absolute atomic E-state index is 5.72. The molecule has 1 aromatic carbocycles. The highest BCUT2D eigenvalue weighted by Crippen LogP contribution is 2.17. The molecule has 0 saturated carbocycles. The summed E-state index contributed by atoms with van der Waals surface area (Å²) in [6, 6.07) is 7.17. The monoisotopic (exact) mass is 198 g/mol. The van der Waals surface area contributed by atoms with E-state index in [1.807, 2.05) is 0 Å². The Bertz CT molecular complexity index is 337. The van der Waals surface area contributed by atoms with Crippen molar-refractivity contribution in [3.63, 3.8) is 0 Å². The van der Waals surface area contributed by atoms with Crippen LogP contribution in [-0.4, -0.2) is 6.02 Å². The standard InChI is InChI=1S/C7H7ClN4O/c8-5-1-3-6(4-2-5)12-10-7(9)13-11-12/h1-4,11H,(H2,9,10). The van der Waals surface area contributed by atoms with E-state index >= 15 is 0 Å². The van der Waals surface area contributed by atoms with Crippen LogP contribution in [0.15, 0.2) is 29.4 Å². The highest BCUT2D eigenvalue weighted by molar-refractivity contribution is 6.30. The molecule has 2 rings (SSSR count). The van der Waals surface area contributed by atoms with Crippen LogP contribution in [0.1, 0.15) is 0 Å². The Morgan fingerprint density at radius 1 is 1.38 bits per heavy atom. The van der Waals surface area contributed by atoms with Crippen molar-refractivity contribution in [2.24, 2.45) is 10.8 Å². The summed E-state index contributed by atoms with van der Waals surface area (Å²) in [5.41, 5.74) is 8.59. The first-order valence-corrected chi connectivity index (χ1v) is 3.96. The lowest BCUT2D eigenvalue weighted by atomic mass is 10.3. The molecule has 1 aliphatic heterocycles. The number of rotatable bonds is 1. The Morgan fingerprint density at radius 3 is 2.62 bits per heavy atom. The molecule has 13 heavy (non-hydrogen) atoms. The molecule has 3 N–H and O–H groups in total. The molecule has 1 aromatic rings. The average molecular weight is 199 g/mol. The Morgan fingerprint density at radius 2 is 2.08 bits per heavy atom. The average Bonchev–Trinajstić information content (AvgIpc) is 2.53. The normalized spacial score (nSPS) is 15.5. The van der Waals surface area contributed by atoms with E-state index in [2.05, 4.69) is 10.7 Å². The molecule has 0 saturated heterocycles. The molecule has 0 aliphatic carbocycles. The van der Waals surface area contributed by atoms with Gasteiger partial charge in [0.05, 0.1) is 5.69 Å². The summed E-state index contributed by atoms with van der Waals surface area (Å²) in [5, 5.41) is 5.92. The smallest absolute Gasteiger partial charge is 0.327 e. The van der Waals surface area contributed by atoms with Gasteiger partial charge in [-0.15, -0.1) is 0 Å². The van der Waals surface area contributed by atoms with Crippen molar-refractivity contribution in [1.82, 2.24) is 5.59 Å². The summed E-state index contributed by atoms with van der Waals surface area (Å²) >= 11 is 5.72. The van der Waals surface area contributed by atoms with Crippen LogP contribution in [0, 0.1) is 0 Å². The third kappa shape index (κ3) is 1.66. The fourth-order valence-electron chi connectivity index (χ4n) is 0.922. The van der Waals surface area contributed by atoms with Crippen LogP contribution in [0.5, 0.6) is 0 Å². The van der Waals surface area contributed by atoms with Gasteiger partial charge in [-0.3, -0.25) is 0 Å². The van der Waals surface area contributed by atoms with Gasteiger partial charge in [-0.05, 0) is 29.9 Å². The molecule has 0 spiro atoms. The fraction of sp³-hybridized carbons (Fsp3) is 0. The highest BCUT2D eigenvalue weighted by atomic mass is 35.5. The van der Waals surface area contributed by atoms with E-state index < -0.39 is 0 Å². The first kappa shape index (κ1) is 8.15. The van der Waals surface area contributed by atoms with E-state index in [4.69, 9.17) is 22.2 Å². The van der Waals surface area contributed by atoms with Crippen LogP contribution in [0.4, 0.5) is 5.69 Å². The number of nitrogens with zero attached hydrogens (tertiary/aromatic N) is 2. The summed E-state index contributed by atoms with van der Waals surface area (Å²) < 4.78 is 0. The van der Waals surface area contributed by atoms with Crippen LogP contribution < -0.4 is 16.4 Å². The molecule has 68 valence electrons. The van der Waals surface area contributed by atoms with Crippen LogP contribution in [0.3, 0.4) is 0 Å². The second kappa shape index (κ2) is 3.12. The Balaban J connectivity index is 2.22. The molecular formula is C7H7ClN4O. The molecule has 6 heteroatoms. The van der Waals surface area contributed by atoms with Crippen molar-refractivity contribution < 1.29 is 4.84 Å². The lowest BCUT2D eigenvalue weighted by molar-refractivity contribution is 0.199. The molecule has 5 nitrogen and oxygen atoms in total. The molecule has 1 heterocycles. The third-order valence-corrected chi connectivity index (χ3v) is 1.76. The summed E-state index contributed by atoms with van der Waals surface area (Å²) in [7, 11) is 0. The quantitative estimate of drug-likeness (QED) is 0.702. The van der Waals surface area contributed by atoms with E-state index in [0.717, 1.165) is 5.69 Å². The SMILES string of the molecule is NC1=NN(c2ccc(Cl)cc2)NO1. The number of anilines is 1. The fourth-order valence-corrected chi connectivity index (χ4v) is 1.05. The molecule has 0 unspecified atom stereocenters. The van der Waals surface area contributed by atoms with E-state index in [-0.39, 0.29) is 6.02 Å². The lowest BCUT2D eigenvalue weighted by Gasteiger charge is -2.10. The summed E-state index contributed by atoms with van der Waals surface area (Å²) in [6.07, 6.45) is 0. The molecule has 0 amide bonds. The number of nitrogens with one attached hydrogen (secondary N) is 1. The predicted molar refractivity (Wildman–Crippen MR) is 49.8 cm³/mol. The van der Waals surface area contributed by atoms with Crippen LogP contribution in [0.2, 0.25) is 5.02 Å². The molecule has 1 aliphatic rings. The summed E-state index contributed by atoms with van der Waals surface area (Å²) in [6.45, 7) is 0. The van der Waals surface area contributed by atoms with Crippen molar-refractivity contribution in [2.45, 2.75) is 0 Å². The number of hydrogen-bond acceptors (Lipinski definition) is 5. The molecule has 0 fully saturated rings. The van der Waals surface area contributed by atoms with E-state index in [1.165, 1.54) is 5.12 Å². The largest absolute Gasteiger partial charge is 0.351 e. The zero-order valence-corrected chi connectivity index (χ0v) is 7.32. The highest BCUT2D eigenvalue weighted by Gasteiger charge is 2.13. The zero-order valence-electron chi connectivity index (χ0n) is 6.57. The molecule has 0 radical (unpaired) electrons. The minimum atomic E-state index is 0.0787. The van der Waals surface area contributed by atoms with Crippen molar-refractivity contribution in [1.29, 1.82) is 0 Å². The maximum Gasteiger partial charge on any atom is 0.327 e. The molecular weight excluding hydrogens is 192 g/mol. The number of halogens is 1. The van der Waals surface area contributed by atoms with Gasteiger partial charge < -0.3 is 10.6 Å². The summed E-state index contributed by atoms with van der Waals surface area (Å²) in [4.78, 5) is 4.72. The minimum absolute atomic E-state index is 0.0787. The van der Waals surface area contributed by atoms with Crippen molar-refractivity contribution in [3.8, 4) is 0 Å². The number of hydrazone groups is 1. The maximum atomic E-state index is 5.72. The van der Waals surface area contributed by atoms with Gasteiger partial charge in [0.2, 0.25) is 0 Å². The van der Waals surface area contributed by atoms with Crippen LogP contribution in [-0.2, 0) is 4.84 Å². The third-order valence-electron chi connectivity index (χ3n) is 1.51. The minimum Gasteiger partial charge on any atom is -0.351 e. The Labute approximate surface area is 79.6 Å². The van der Waals surface area contributed by atoms with Gasteiger partial charge in [0.15, 0.2) is 0 Å². The first-order chi connectivity index (χ1) is 6.25. The van der Waals surface area contributed by atoms with Gasteiger partial charge in [0, 0.05) is 5.02 Å². The number of nitrogens with two attached hydrogens (primary N) is 1. The van der Waals surface area contributed by atoms with E-state index in [0.29, 0.717) is 5.02 Å². The Kier molecular flexibility index (Phi) is 1.96. The number of hydrogen-bond donors (Lipinski definition) is 2. The molecule has 0 aromatic heterocycles. The predicted octanol–water partition coefficient (Wildman–Crippen LogP) is 0.826. The van der Waals surface area contributed by atoms with Crippen LogP contribution in [0.25, 0.3) is 0 Å². The zero-order chi connectivity index (χ0) is 9.26. The summed E-state index contributed by atoms with van der Waals surface area (Å²) in [5.74, 6) is 0.